The van der Waals surface area contributed by atoms with E-state index in [-0.39, 0.29) is 5.91 Å². The average Bonchev–Trinajstić information content (AvgIpc) is 2.24. The van der Waals surface area contributed by atoms with Gasteiger partial charge in [-0.1, -0.05) is 20.8 Å². The molecule has 0 aromatic carbocycles. The molecule has 0 aromatic heterocycles. The van der Waals surface area contributed by atoms with Gasteiger partial charge in [-0.05, 0) is 5.41 Å². The van der Waals surface area contributed by atoms with Crippen LogP contribution in [0.4, 0.5) is 0 Å². The SMILES string of the molecule is CC(C)(C)C(NS(C)(=O)=O)C(=O)N1CCNCC1. The molecule has 0 spiro atoms. The molecule has 1 atom stereocenters. The second-order valence-corrected chi connectivity index (χ2v) is 7.54. The van der Waals surface area contributed by atoms with E-state index in [1.165, 1.54) is 0 Å². The zero-order chi connectivity index (χ0) is 14.0. The van der Waals surface area contributed by atoms with Gasteiger partial charge in [0, 0.05) is 26.2 Å². The van der Waals surface area contributed by atoms with Crippen LogP contribution in [0.5, 0.6) is 0 Å². The van der Waals surface area contributed by atoms with Gasteiger partial charge in [-0.2, -0.15) is 0 Å². The van der Waals surface area contributed by atoms with Gasteiger partial charge in [0.05, 0.1) is 6.26 Å². The topological polar surface area (TPSA) is 78.5 Å². The number of nitrogens with one attached hydrogen (secondary N) is 2. The van der Waals surface area contributed by atoms with Crippen molar-refractivity contribution >= 4 is 15.9 Å². The highest BCUT2D eigenvalue weighted by Crippen LogP contribution is 2.22. The molecule has 0 aliphatic carbocycles. The molecular weight excluding hydrogens is 254 g/mol. The molecule has 1 saturated heterocycles. The first-order valence-corrected chi connectivity index (χ1v) is 7.97. The Morgan fingerprint density at radius 3 is 2.17 bits per heavy atom. The highest BCUT2D eigenvalue weighted by Gasteiger charge is 2.36. The number of carbonyl (C=O) groups is 1. The number of hydrogen-bond acceptors (Lipinski definition) is 4. The molecule has 1 heterocycles. The smallest absolute Gasteiger partial charge is 0.241 e. The third-order valence-electron chi connectivity index (χ3n) is 2.87. The van der Waals surface area contributed by atoms with Crippen LogP contribution in [-0.4, -0.2) is 57.7 Å². The first-order chi connectivity index (χ1) is 8.11. The molecule has 106 valence electrons. The quantitative estimate of drug-likeness (QED) is 0.721. The number of piperazine rings is 1. The van der Waals surface area contributed by atoms with Gasteiger partial charge in [0.25, 0.3) is 0 Å². The summed E-state index contributed by atoms with van der Waals surface area (Å²) in [6, 6.07) is -0.717. The van der Waals surface area contributed by atoms with Crippen molar-refractivity contribution in [2.24, 2.45) is 5.41 Å². The van der Waals surface area contributed by atoms with Gasteiger partial charge in [0.2, 0.25) is 15.9 Å². The lowest BCUT2D eigenvalue weighted by atomic mass is 9.86. The van der Waals surface area contributed by atoms with E-state index in [0.717, 1.165) is 19.3 Å². The Hall–Kier alpha value is -0.660. The number of amides is 1. The number of carbonyl (C=O) groups excluding carboxylic acids is 1. The Balaban J connectivity index is 2.85. The van der Waals surface area contributed by atoms with E-state index in [1.54, 1.807) is 4.90 Å². The summed E-state index contributed by atoms with van der Waals surface area (Å²) >= 11 is 0. The molecule has 0 saturated carbocycles. The molecule has 7 heteroatoms. The van der Waals surface area contributed by atoms with E-state index in [2.05, 4.69) is 10.0 Å². The zero-order valence-electron chi connectivity index (χ0n) is 11.5. The van der Waals surface area contributed by atoms with Gasteiger partial charge in [-0.15, -0.1) is 0 Å². The average molecular weight is 277 g/mol. The zero-order valence-corrected chi connectivity index (χ0v) is 12.3. The summed E-state index contributed by atoms with van der Waals surface area (Å²) in [6.45, 7) is 8.32. The molecule has 1 rings (SSSR count). The fourth-order valence-corrected chi connectivity index (χ4v) is 2.76. The van der Waals surface area contributed by atoms with Crippen molar-refractivity contribution in [3.63, 3.8) is 0 Å². The second-order valence-electron chi connectivity index (χ2n) is 5.76. The van der Waals surface area contributed by atoms with Crippen LogP contribution < -0.4 is 10.0 Å². The van der Waals surface area contributed by atoms with E-state index in [9.17, 15) is 13.2 Å². The third-order valence-corrected chi connectivity index (χ3v) is 3.54. The standard InChI is InChI=1S/C11H23N3O3S/c1-11(2,3)9(13-18(4,16)17)10(15)14-7-5-12-6-8-14/h9,12-13H,5-8H2,1-4H3. The Labute approximate surface area is 109 Å². The van der Waals surface area contributed by atoms with Crippen molar-refractivity contribution in [3.05, 3.63) is 0 Å². The van der Waals surface area contributed by atoms with E-state index in [1.807, 2.05) is 20.8 Å². The first kappa shape index (κ1) is 15.4. The van der Waals surface area contributed by atoms with Gasteiger partial charge in [0.15, 0.2) is 0 Å². The van der Waals surface area contributed by atoms with E-state index in [4.69, 9.17) is 0 Å². The molecule has 18 heavy (non-hydrogen) atoms. The minimum absolute atomic E-state index is 0.144. The summed E-state index contributed by atoms with van der Waals surface area (Å²) in [4.78, 5) is 14.1. The lowest BCUT2D eigenvalue weighted by Crippen LogP contribution is -2.57. The third kappa shape index (κ3) is 4.55. The molecule has 2 N–H and O–H groups in total. The number of sulfonamides is 1. The first-order valence-electron chi connectivity index (χ1n) is 6.08. The molecule has 1 fully saturated rings. The Morgan fingerprint density at radius 2 is 1.78 bits per heavy atom. The number of hydrogen-bond donors (Lipinski definition) is 2. The Kier molecular flexibility index (Phi) is 4.74. The molecule has 0 aromatic rings. The van der Waals surface area contributed by atoms with Gasteiger partial charge in [0.1, 0.15) is 6.04 Å². The fourth-order valence-electron chi connectivity index (χ4n) is 1.88. The maximum Gasteiger partial charge on any atom is 0.241 e. The molecular formula is C11H23N3O3S. The van der Waals surface area contributed by atoms with Crippen molar-refractivity contribution < 1.29 is 13.2 Å². The van der Waals surface area contributed by atoms with Crippen LogP contribution in [0.2, 0.25) is 0 Å². The van der Waals surface area contributed by atoms with Crippen LogP contribution in [0, 0.1) is 5.41 Å². The minimum Gasteiger partial charge on any atom is -0.339 e. The van der Waals surface area contributed by atoms with Crippen molar-refractivity contribution in [2.45, 2.75) is 26.8 Å². The monoisotopic (exact) mass is 277 g/mol. The van der Waals surface area contributed by atoms with E-state index < -0.39 is 21.5 Å². The van der Waals surface area contributed by atoms with Gasteiger partial charge in [-0.3, -0.25) is 4.79 Å². The normalized spacial score (nSPS) is 19.7. The summed E-state index contributed by atoms with van der Waals surface area (Å²) in [5, 5.41) is 3.16. The maximum atomic E-state index is 12.4. The van der Waals surface area contributed by atoms with Crippen LogP contribution in [0.1, 0.15) is 20.8 Å². The Morgan fingerprint density at radius 1 is 1.28 bits per heavy atom. The lowest BCUT2D eigenvalue weighted by molar-refractivity contribution is -0.136. The largest absolute Gasteiger partial charge is 0.339 e. The van der Waals surface area contributed by atoms with Crippen LogP contribution >= 0.6 is 0 Å². The molecule has 1 unspecified atom stereocenters. The summed E-state index contributed by atoms with van der Waals surface area (Å²) in [7, 11) is -3.40. The van der Waals surface area contributed by atoms with Crippen molar-refractivity contribution in [1.29, 1.82) is 0 Å². The van der Waals surface area contributed by atoms with Crippen molar-refractivity contribution in [1.82, 2.24) is 14.9 Å². The van der Waals surface area contributed by atoms with Crippen LogP contribution in [-0.2, 0) is 14.8 Å². The van der Waals surface area contributed by atoms with Crippen LogP contribution in [0.3, 0.4) is 0 Å². The fraction of sp³-hybridized carbons (Fsp3) is 0.909. The lowest BCUT2D eigenvalue weighted by Gasteiger charge is -2.36. The van der Waals surface area contributed by atoms with Crippen molar-refractivity contribution in [2.75, 3.05) is 32.4 Å². The van der Waals surface area contributed by atoms with E-state index >= 15 is 0 Å². The van der Waals surface area contributed by atoms with E-state index in [0.29, 0.717) is 13.1 Å². The van der Waals surface area contributed by atoms with Gasteiger partial charge < -0.3 is 10.2 Å². The van der Waals surface area contributed by atoms with Gasteiger partial charge >= 0.3 is 0 Å². The predicted octanol–water partition coefficient (Wildman–Crippen LogP) is -0.618. The highest BCUT2D eigenvalue weighted by atomic mass is 32.2. The minimum atomic E-state index is -3.40. The number of rotatable bonds is 3. The molecule has 0 bridgehead atoms. The number of nitrogens with zero attached hydrogens (tertiary/aromatic N) is 1. The predicted molar refractivity (Wildman–Crippen MR) is 70.7 cm³/mol. The molecule has 1 amide bonds. The highest BCUT2D eigenvalue weighted by molar-refractivity contribution is 7.88. The molecule has 0 radical (unpaired) electrons. The Bertz CT molecular complexity index is 394. The molecule has 1 aliphatic heterocycles. The second kappa shape index (κ2) is 5.54. The maximum absolute atomic E-state index is 12.4. The van der Waals surface area contributed by atoms with Crippen molar-refractivity contribution in [3.8, 4) is 0 Å². The summed E-state index contributed by atoms with van der Waals surface area (Å²) in [5.74, 6) is -0.144. The summed E-state index contributed by atoms with van der Waals surface area (Å²) < 4.78 is 25.2. The van der Waals surface area contributed by atoms with Crippen LogP contribution in [0.15, 0.2) is 0 Å². The summed E-state index contributed by atoms with van der Waals surface area (Å²) in [5.41, 5.74) is -0.453. The van der Waals surface area contributed by atoms with Crippen LogP contribution in [0.25, 0.3) is 0 Å². The van der Waals surface area contributed by atoms with Gasteiger partial charge in [-0.25, -0.2) is 13.1 Å². The molecule has 1 aliphatic rings. The summed E-state index contributed by atoms with van der Waals surface area (Å²) in [6.07, 6.45) is 1.08. The molecule has 6 nitrogen and oxygen atoms in total.